The molecule has 0 radical (unpaired) electrons. The Kier molecular flexibility index (Phi) is 5.75. The zero-order valence-corrected chi connectivity index (χ0v) is 15.1. The standard InChI is InChI=1S/C19H25N3O4/c1-2-26-19(25)21-11-8-15(9-12-21)20-18(24)14-5-3-6-16(13-14)22-10-4-7-17(22)23/h3,5-6,13,15H,2,4,7-12H2,1H3,(H,20,24). The van der Waals surface area contributed by atoms with E-state index in [1.807, 2.05) is 6.07 Å². The van der Waals surface area contributed by atoms with E-state index in [4.69, 9.17) is 4.74 Å². The second-order valence-corrected chi connectivity index (χ2v) is 6.63. The minimum absolute atomic E-state index is 0.0326. The average molecular weight is 359 g/mol. The number of hydrogen-bond donors (Lipinski definition) is 1. The van der Waals surface area contributed by atoms with Crippen molar-refractivity contribution in [3.63, 3.8) is 0 Å². The molecule has 0 unspecified atom stereocenters. The quantitative estimate of drug-likeness (QED) is 0.894. The molecule has 3 amide bonds. The number of piperidine rings is 1. The third-order valence-corrected chi connectivity index (χ3v) is 4.85. The highest BCUT2D eigenvalue weighted by molar-refractivity contribution is 5.99. The van der Waals surface area contributed by atoms with Crippen molar-refractivity contribution in [2.24, 2.45) is 0 Å². The summed E-state index contributed by atoms with van der Waals surface area (Å²) in [6.07, 6.45) is 2.54. The third kappa shape index (κ3) is 4.15. The lowest BCUT2D eigenvalue weighted by atomic mass is 10.0. The Bertz CT molecular complexity index is 683. The first-order valence-corrected chi connectivity index (χ1v) is 9.21. The number of likely N-dealkylation sites (tertiary alicyclic amines) is 1. The number of carbonyl (C=O) groups is 3. The van der Waals surface area contributed by atoms with Gasteiger partial charge >= 0.3 is 6.09 Å². The summed E-state index contributed by atoms with van der Waals surface area (Å²) in [5.41, 5.74) is 1.33. The zero-order chi connectivity index (χ0) is 18.5. The largest absolute Gasteiger partial charge is 0.450 e. The van der Waals surface area contributed by atoms with E-state index in [1.54, 1.807) is 34.9 Å². The molecule has 0 saturated carbocycles. The van der Waals surface area contributed by atoms with Crippen LogP contribution in [0.2, 0.25) is 0 Å². The molecule has 2 heterocycles. The maximum atomic E-state index is 12.6. The molecule has 2 saturated heterocycles. The van der Waals surface area contributed by atoms with Gasteiger partial charge in [-0.25, -0.2) is 4.79 Å². The molecule has 1 aromatic rings. The molecular formula is C19H25N3O4. The Morgan fingerprint density at radius 2 is 2.00 bits per heavy atom. The summed E-state index contributed by atoms with van der Waals surface area (Å²) in [6.45, 7) is 4.01. The van der Waals surface area contributed by atoms with E-state index in [-0.39, 0.29) is 23.9 Å². The minimum Gasteiger partial charge on any atom is -0.450 e. The molecule has 1 aromatic carbocycles. The molecule has 2 aliphatic heterocycles. The van der Waals surface area contributed by atoms with Gasteiger partial charge in [-0.3, -0.25) is 9.59 Å². The molecule has 0 atom stereocenters. The lowest BCUT2D eigenvalue weighted by Gasteiger charge is -2.31. The van der Waals surface area contributed by atoms with E-state index >= 15 is 0 Å². The van der Waals surface area contributed by atoms with Crippen molar-refractivity contribution in [2.75, 3.05) is 31.1 Å². The van der Waals surface area contributed by atoms with Gasteiger partial charge in [0.1, 0.15) is 0 Å². The number of nitrogens with one attached hydrogen (secondary N) is 1. The van der Waals surface area contributed by atoms with Crippen molar-refractivity contribution in [2.45, 2.75) is 38.6 Å². The molecule has 140 valence electrons. The second kappa shape index (κ2) is 8.21. The molecule has 26 heavy (non-hydrogen) atoms. The topological polar surface area (TPSA) is 79.0 Å². The van der Waals surface area contributed by atoms with Gasteiger partial charge in [-0.05, 0) is 44.4 Å². The van der Waals surface area contributed by atoms with Crippen LogP contribution in [0, 0.1) is 0 Å². The molecule has 7 heteroatoms. The van der Waals surface area contributed by atoms with Gasteiger partial charge in [-0.2, -0.15) is 0 Å². The van der Waals surface area contributed by atoms with Gasteiger partial charge in [0.25, 0.3) is 5.91 Å². The molecule has 2 fully saturated rings. The summed E-state index contributed by atoms with van der Waals surface area (Å²) in [7, 11) is 0. The molecule has 3 rings (SSSR count). The molecule has 0 aliphatic carbocycles. The van der Waals surface area contributed by atoms with Crippen LogP contribution in [-0.2, 0) is 9.53 Å². The molecule has 0 bridgehead atoms. The molecule has 0 spiro atoms. The number of rotatable bonds is 4. The first-order chi connectivity index (χ1) is 12.6. The highest BCUT2D eigenvalue weighted by Gasteiger charge is 2.26. The lowest BCUT2D eigenvalue weighted by molar-refractivity contribution is -0.117. The van der Waals surface area contributed by atoms with E-state index in [2.05, 4.69) is 5.32 Å². The predicted octanol–water partition coefficient (Wildman–Crippen LogP) is 2.16. The van der Waals surface area contributed by atoms with E-state index in [0.717, 1.165) is 12.1 Å². The summed E-state index contributed by atoms with van der Waals surface area (Å²) >= 11 is 0. The van der Waals surface area contributed by atoms with Crippen molar-refractivity contribution < 1.29 is 19.1 Å². The summed E-state index contributed by atoms with van der Waals surface area (Å²) < 4.78 is 5.01. The highest BCUT2D eigenvalue weighted by Crippen LogP contribution is 2.22. The SMILES string of the molecule is CCOC(=O)N1CCC(NC(=O)c2cccc(N3CCCC3=O)c2)CC1. The Morgan fingerprint density at radius 3 is 2.65 bits per heavy atom. The van der Waals surface area contributed by atoms with Crippen LogP contribution in [-0.4, -0.2) is 55.1 Å². The lowest BCUT2D eigenvalue weighted by Crippen LogP contribution is -2.46. The summed E-state index contributed by atoms with van der Waals surface area (Å²) in [4.78, 5) is 39.6. The van der Waals surface area contributed by atoms with Gasteiger partial charge < -0.3 is 19.9 Å². The van der Waals surface area contributed by atoms with Crippen LogP contribution >= 0.6 is 0 Å². The van der Waals surface area contributed by atoms with Crippen LogP contribution in [0.4, 0.5) is 10.5 Å². The number of anilines is 1. The number of nitrogens with zero attached hydrogens (tertiary/aromatic N) is 2. The maximum Gasteiger partial charge on any atom is 0.409 e. The fourth-order valence-electron chi connectivity index (χ4n) is 3.43. The van der Waals surface area contributed by atoms with E-state index in [0.29, 0.717) is 51.1 Å². The molecule has 2 aliphatic rings. The number of hydrogen-bond acceptors (Lipinski definition) is 4. The van der Waals surface area contributed by atoms with Gasteiger partial charge in [0.05, 0.1) is 6.61 Å². The monoisotopic (exact) mass is 359 g/mol. The molecular weight excluding hydrogens is 334 g/mol. The zero-order valence-electron chi connectivity index (χ0n) is 15.1. The summed E-state index contributed by atoms with van der Waals surface area (Å²) in [5.74, 6) is -0.0398. The molecule has 0 aromatic heterocycles. The third-order valence-electron chi connectivity index (χ3n) is 4.85. The number of ether oxygens (including phenoxy) is 1. The van der Waals surface area contributed by atoms with E-state index in [9.17, 15) is 14.4 Å². The van der Waals surface area contributed by atoms with Crippen molar-refractivity contribution >= 4 is 23.6 Å². The van der Waals surface area contributed by atoms with E-state index < -0.39 is 0 Å². The fraction of sp³-hybridized carbons (Fsp3) is 0.526. The fourth-order valence-corrected chi connectivity index (χ4v) is 3.43. The average Bonchev–Trinajstić information content (AvgIpc) is 3.08. The van der Waals surface area contributed by atoms with Crippen LogP contribution in [0.15, 0.2) is 24.3 Å². The van der Waals surface area contributed by atoms with Crippen LogP contribution in [0.5, 0.6) is 0 Å². The van der Waals surface area contributed by atoms with Gasteiger partial charge in [0.15, 0.2) is 0 Å². The van der Waals surface area contributed by atoms with Crippen molar-refractivity contribution in [1.82, 2.24) is 10.2 Å². The normalized spacial score (nSPS) is 18.1. The van der Waals surface area contributed by atoms with Gasteiger partial charge in [-0.15, -0.1) is 0 Å². The van der Waals surface area contributed by atoms with Crippen molar-refractivity contribution in [3.05, 3.63) is 29.8 Å². The number of benzene rings is 1. The predicted molar refractivity (Wildman–Crippen MR) is 97.1 cm³/mol. The Hall–Kier alpha value is -2.57. The number of amides is 3. The summed E-state index contributed by atoms with van der Waals surface area (Å²) in [5, 5.41) is 3.03. The van der Waals surface area contributed by atoms with Gasteiger partial charge in [0.2, 0.25) is 5.91 Å². The second-order valence-electron chi connectivity index (χ2n) is 6.63. The Morgan fingerprint density at radius 1 is 1.23 bits per heavy atom. The Labute approximate surface area is 153 Å². The van der Waals surface area contributed by atoms with Crippen LogP contribution in [0.3, 0.4) is 0 Å². The van der Waals surface area contributed by atoms with Crippen LogP contribution in [0.1, 0.15) is 43.0 Å². The smallest absolute Gasteiger partial charge is 0.409 e. The minimum atomic E-state index is -0.291. The summed E-state index contributed by atoms with van der Waals surface area (Å²) in [6, 6.07) is 7.22. The van der Waals surface area contributed by atoms with Crippen LogP contribution < -0.4 is 10.2 Å². The molecule has 1 N–H and O–H groups in total. The van der Waals surface area contributed by atoms with Gasteiger partial charge in [-0.1, -0.05) is 6.07 Å². The first kappa shape index (κ1) is 18.2. The van der Waals surface area contributed by atoms with Crippen molar-refractivity contribution in [1.29, 1.82) is 0 Å². The number of carbonyl (C=O) groups excluding carboxylic acids is 3. The van der Waals surface area contributed by atoms with Crippen LogP contribution in [0.25, 0.3) is 0 Å². The van der Waals surface area contributed by atoms with E-state index in [1.165, 1.54) is 0 Å². The first-order valence-electron chi connectivity index (χ1n) is 9.21. The van der Waals surface area contributed by atoms with Crippen molar-refractivity contribution in [3.8, 4) is 0 Å². The maximum absolute atomic E-state index is 12.6. The highest BCUT2D eigenvalue weighted by atomic mass is 16.6. The Balaban J connectivity index is 1.56. The van der Waals surface area contributed by atoms with Gasteiger partial charge in [0, 0.05) is 43.3 Å². The molecule has 7 nitrogen and oxygen atoms in total.